The molecule has 2 aromatic heterocycles. The van der Waals surface area contributed by atoms with Crippen molar-refractivity contribution in [2.24, 2.45) is 0 Å². The molecule has 1 aromatic carbocycles. The Kier molecular flexibility index (Phi) is 3.57. The normalized spacial score (nSPS) is 16.7. The first-order chi connectivity index (χ1) is 11.7. The quantitative estimate of drug-likeness (QED) is 0.789. The van der Waals surface area contributed by atoms with E-state index in [-0.39, 0.29) is 17.5 Å². The third-order valence-corrected chi connectivity index (χ3v) is 4.27. The first kappa shape index (κ1) is 14.6. The third-order valence-electron chi connectivity index (χ3n) is 4.27. The van der Waals surface area contributed by atoms with E-state index < -0.39 is 5.82 Å². The molecule has 6 heteroatoms. The molecular weight excluding hydrogens is 307 g/mol. The van der Waals surface area contributed by atoms with Crippen LogP contribution in [0.3, 0.4) is 0 Å². The average Bonchev–Trinajstić information content (AvgIpc) is 3.10. The Hall–Kier alpha value is -3.02. The molecule has 1 unspecified atom stereocenters. The van der Waals surface area contributed by atoms with E-state index in [1.807, 2.05) is 30.3 Å². The topological polar surface area (TPSA) is 61.9 Å². The van der Waals surface area contributed by atoms with Crippen molar-refractivity contribution in [2.45, 2.75) is 12.5 Å². The summed E-state index contributed by atoms with van der Waals surface area (Å²) in [6.45, 7) is 0.955. The van der Waals surface area contributed by atoms with Gasteiger partial charge in [0.15, 0.2) is 0 Å². The Bertz CT molecular complexity index is 860. The molecule has 1 aliphatic rings. The van der Waals surface area contributed by atoms with E-state index in [1.165, 1.54) is 12.1 Å². The Morgan fingerprint density at radius 2 is 2.00 bits per heavy atom. The molecule has 3 aromatic rings. The summed E-state index contributed by atoms with van der Waals surface area (Å²) in [4.78, 5) is 25.9. The van der Waals surface area contributed by atoms with Gasteiger partial charge in [-0.3, -0.25) is 4.79 Å². The lowest BCUT2D eigenvalue weighted by molar-refractivity contribution is 0.0716. The number of H-pyrrole nitrogens is 1. The Labute approximate surface area is 138 Å². The smallest absolute Gasteiger partial charge is 0.272 e. The predicted molar refractivity (Wildman–Crippen MR) is 85.8 cm³/mol. The van der Waals surface area contributed by atoms with Crippen LogP contribution in [-0.4, -0.2) is 32.3 Å². The fourth-order valence-electron chi connectivity index (χ4n) is 3.09. The number of amides is 1. The minimum atomic E-state index is -0.455. The number of hydrogen-bond donors (Lipinski definition) is 1. The molecule has 1 amide bonds. The number of carbonyl (C=O) groups excluding carboxylic acids is 1. The van der Waals surface area contributed by atoms with Gasteiger partial charge in [-0.2, -0.15) is 0 Å². The monoisotopic (exact) mass is 322 g/mol. The van der Waals surface area contributed by atoms with Crippen LogP contribution in [0, 0.1) is 5.82 Å². The number of fused-ring (bicyclic) bond motifs is 1. The average molecular weight is 322 g/mol. The van der Waals surface area contributed by atoms with Crippen LogP contribution in [0.25, 0.3) is 0 Å². The second kappa shape index (κ2) is 5.88. The summed E-state index contributed by atoms with van der Waals surface area (Å²) >= 11 is 0. The molecule has 0 saturated heterocycles. The second-order valence-corrected chi connectivity index (χ2v) is 5.78. The number of nitrogens with one attached hydrogen (secondary N) is 1. The van der Waals surface area contributed by atoms with Gasteiger partial charge in [0.25, 0.3) is 5.91 Å². The predicted octanol–water partition coefficient (Wildman–Crippen LogP) is 2.73. The maximum absolute atomic E-state index is 13.0. The number of nitrogens with zero attached hydrogens (tertiary/aromatic N) is 3. The summed E-state index contributed by atoms with van der Waals surface area (Å²) in [6, 6.07) is 12.6. The van der Waals surface area contributed by atoms with Crippen molar-refractivity contribution >= 4 is 5.91 Å². The van der Waals surface area contributed by atoms with E-state index in [4.69, 9.17) is 0 Å². The number of hydrogen-bond acceptors (Lipinski definition) is 3. The molecular formula is C18H15FN4O. The molecule has 24 heavy (non-hydrogen) atoms. The number of benzene rings is 1. The molecule has 1 N–H and O–H groups in total. The van der Waals surface area contributed by atoms with Crippen molar-refractivity contribution in [1.29, 1.82) is 0 Å². The molecule has 4 rings (SSSR count). The minimum Gasteiger partial charge on any atom is -0.347 e. The van der Waals surface area contributed by atoms with Crippen LogP contribution < -0.4 is 0 Å². The van der Waals surface area contributed by atoms with Gasteiger partial charge in [0, 0.05) is 12.5 Å². The molecule has 0 spiro atoms. The molecule has 0 radical (unpaired) electrons. The van der Waals surface area contributed by atoms with E-state index in [9.17, 15) is 9.18 Å². The van der Waals surface area contributed by atoms with Crippen LogP contribution in [0.2, 0.25) is 0 Å². The Balaban J connectivity index is 1.67. The highest BCUT2D eigenvalue weighted by molar-refractivity contribution is 5.92. The Morgan fingerprint density at radius 1 is 1.17 bits per heavy atom. The first-order valence-corrected chi connectivity index (χ1v) is 7.70. The molecule has 3 heterocycles. The number of pyridine rings is 1. The van der Waals surface area contributed by atoms with Gasteiger partial charge >= 0.3 is 0 Å². The Morgan fingerprint density at radius 3 is 2.75 bits per heavy atom. The van der Waals surface area contributed by atoms with Crippen LogP contribution in [0.4, 0.5) is 4.39 Å². The van der Waals surface area contributed by atoms with Gasteiger partial charge in [0.2, 0.25) is 0 Å². The molecule has 0 fully saturated rings. The largest absolute Gasteiger partial charge is 0.347 e. The summed E-state index contributed by atoms with van der Waals surface area (Å²) in [5.41, 5.74) is 3.24. The first-order valence-electron chi connectivity index (χ1n) is 7.70. The van der Waals surface area contributed by atoms with Gasteiger partial charge in [0.05, 0.1) is 30.5 Å². The van der Waals surface area contributed by atoms with Crippen LogP contribution in [0.1, 0.15) is 33.4 Å². The zero-order chi connectivity index (χ0) is 16.5. The maximum Gasteiger partial charge on any atom is 0.272 e. The molecule has 0 bridgehead atoms. The fourth-order valence-corrected chi connectivity index (χ4v) is 3.09. The highest BCUT2D eigenvalue weighted by Crippen LogP contribution is 2.31. The van der Waals surface area contributed by atoms with Gasteiger partial charge in [-0.05, 0) is 17.7 Å². The minimum absolute atomic E-state index is 0.00518. The van der Waals surface area contributed by atoms with Gasteiger partial charge < -0.3 is 9.88 Å². The van der Waals surface area contributed by atoms with Crippen molar-refractivity contribution in [2.75, 3.05) is 6.54 Å². The SMILES string of the molecule is O=C(c1ccc(F)cn1)N1Cc2[nH]cnc2C(c2ccccc2)C1. The second-order valence-electron chi connectivity index (χ2n) is 5.78. The van der Waals surface area contributed by atoms with E-state index in [1.54, 1.807) is 11.2 Å². The number of rotatable bonds is 2. The lowest BCUT2D eigenvalue weighted by atomic mass is 9.91. The zero-order valence-corrected chi connectivity index (χ0v) is 12.8. The standard InChI is InChI=1S/C18H15FN4O/c19-13-6-7-15(20-8-13)18(24)23-9-14(12-4-2-1-3-5-12)17-16(10-23)21-11-22-17/h1-8,11,14H,9-10H2,(H,21,22). The summed E-state index contributed by atoms with van der Waals surface area (Å²) in [7, 11) is 0. The van der Waals surface area contributed by atoms with Gasteiger partial charge in [0.1, 0.15) is 11.5 Å². The van der Waals surface area contributed by atoms with Crippen LogP contribution in [0.5, 0.6) is 0 Å². The molecule has 0 aliphatic carbocycles. The van der Waals surface area contributed by atoms with Crippen LogP contribution >= 0.6 is 0 Å². The van der Waals surface area contributed by atoms with Crippen LogP contribution in [-0.2, 0) is 6.54 Å². The highest BCUT2D eigenvalue weighted by atomic mass is 19.1. The molecule has 120 valence electrons. The van der Waals surface area contributed by atoms with Crippen molar-refractivity contribution in [1.82, 2.24) is 19.9 Å². The van der Waals surface area contributed by atoms with Crippen molar-refractivity contribution in [3.05, 3.63) is 83.5 Å². The number of imidazole rings is 1. The lowest BCUT2D eigenvalue weighted by Gasteiger charge is -2.32. The van der Waals surface area contributed by atoms with Crippen molar-refractivity contribution < 1.29 is 9.18 Å². The highest BCUT2D eigenvalue weighted by Gasteiger charge is 2.32. The third kappa shape index (κ3) is 2.56. The summed E-state index contributed by atoms with van der Waals surface area (Å²) < 4.78 is 13.0. The van der Waals surface area contributed by atoms with E-state index in [0.29, 0.717) is 13.1 Å². The number of aromatic nitrogens is 3. The van der Waals surface area contributed by atoms with Gasteiger partial charge in [-0.1, -0.05) is 30.3 Å². The number of carbonyl (C=O) groups is 1. The van der Waals surface area contributed by atoms with Crippen LogP contribution in [0.15, 0.2) is 55.0 Å². The van der Waals surface area contributed by atoms with Gasteiger partial charge in [-0.15, -0.1) is 0 Å². The summed E-state index contributed by atoms with van der Waals surface area (Å²) in [6.07, 6.45) is 2.72. The maximum atomic E-state index is 13.0. The number of aromatic amines is 1. The lowest BCUT2D eigenvalue weighted by Crippen LogP contribution is -2.39. The van der Waals surface area contributed by atoms with E-state index in [0.717, 1.165) is 23.1 Å². The van der Waals surface area contributed by atoms with Crippen molar-refractivity contribution in [3.63, 3.8) is 0 Å². The van der Waals surface area contributed by atoms with Gasteiger partial charge in [-0.25, -0.2) is 14.4 Å². The molecule has 5 nitrogen and oxygen atoms in total. The zero-order valence-electron chi connectivity index (χ0n) is 12.8. The number of halogens is 1. The van der Waals surface area contributed by atoms with Crippen molar-refractivity contribution in [3.8, 4) is 0 Å². The summed E-state index contributed by atoms with van der Waals surface area (Å²) in [5, 5.41) is 0. The molecule has 1 aliphatic heterocycles. The molecule has 0 saturated carbocycles. The van der Waals surface area contributed by atoms with E-state index in [2.05, 4.69) is 15.0 Å². The fraction of sp³-hybridized carbons (Fsp3) is 0.167. The molecule has 1 atom stereocenters. The van der Waals surface area contributed by atoms with E-state index >= 15 is 0 Å². The summed E-state index contributed by atoms with van der Waals surface area (Å²) in [5.74, 6) is -0.662.